The van der Waals surface area contributed by atoms with Crippen molar-refractivity contribution in [3.8, 4) is 0 Å². The fourth-order valence-electron chi connectivity index (χ4n) is 12.5. The predicted molar refractivity (Wildman–Crippen MR) is 409 cm³/mol. The summed E-state index contributed by atoms with van der Waals surface area (Å²) in [6.07, 6.45) is 62.4. The topological polar surface area (TPSA) is 237 Å². The Balaban J connectivity index is 5.25. The number of carbonyl (C=O) groups is 4. The van der Waals surface area contributed by atoms with E-state index in [9.17, 15) is 43.2 Å². The number of rotatable bonds is 80. The van der Waals surface area contributed by atoms with Crippen molar-refractivity contribution < 1.29 is 80.2 Å². The molecule has 19 heteroatoms. The minimum Gasteiger partial charge on any atom is -0.462 e. The number of aliphatic hydroxyl groups is 1. The summed E-state index contributed by atoms with van der Waals surface area (Å²) >= 11 is 0. The predicted octanol–water partition coefficient (Wildman–Crippen LogP) is 24.3. The zero-order valence-corrected chi connectivity index (χ0v) is 67.3. The van der Waals surface area contributed by atoms with Crippen LogP contribution in [0.25, 0.3) is 0 Å². The quantitative estimate of drug-likeness (QED) is 0.0222. The van der Waals surface area contributed by atoms with Gasteiger partial charge in [0.05, 0.1) is 26.4 Å². The van der Waals surface area contributed by atoms with Crippen LogP contribution in [0.1, 0.15) is 427 Å². The highest BCUT2D eigenvalue weighted by Crippen LogP contribution is 2.45. The Bertz CT molecular complexity index is 1930. The molecular weight excluding hydrogens is 1310 g/mol. The molecule has 0 radical (unpaired) electrons. The number of aliphatic hydroxyl groups excluding tert-OH is 1. The van der Waals surface area contributed by atoms with Gasteiger partial charge in [0.1, 0.15) is 19.3 Å². The molecule has 594 valence electrons. The normalized spacial score (nSPS) is 14.4. The van der Waals surface area contributed by atoms with E-state index in [-0.39, 0.29) is 25.7 Å². The maximum Gasteiger partial charge on any atom is 0.472 e. The van der Waals surface area contributed by atoms with Crippen molar-refractivity contribution in [2.45, 2.75) is 445 Å². The molecule has 4 unspecified atom stereocenters. The van der Waals surface area contributed by atoms with Crippen LogP contribution >= 0.6 is 15.6 Å². The van der Waals surface area contributed by atoms with Crippen LogP contribution in [0.5, 0.6) is 0 Å². The summed E-state index contributed by atoms with van der Waals surface area (Å²) in [5.74, 6) is -0.563. The fourth-order valence-corrected chi connectivity index (χ4v) is 14.1. The molecule has 3 N–H and O–H groups in total. The second-order valence-electron chi connectivity index (χ2n) is 29.6. The van der Waals surface area contributed by atoms with Gasteiger partial charge in [0.25, 0.3) is 0 Å². The minimum absolute atomic E-state index is 0.105. The second-order valence-corrected chi connectivity index (χ2v) is 32.6. The highest BCUT2D eigenvalue weighted by molar-refractivity contribution is 7.47. The molecule has 0 bridgehead atoms. The van der Waals surface area contributed by atoms with Gasteiger partial charge in [-0.25, -0.2) is 9.13 Å². The largest absolute Gasteiger partial charge is 0.472 e. The molecule has 0 aromatic carbocycles. The lowest BCUT2D eigenvalue weighted by Crippen LogP contribution is -2.30. The third-order valence-corrected chi connectivity index (χ3v) is 21.6. The van der Waals surface area contributed by atoms with E-state index in [1.165, 1.54) is 244 Å². The van der Waals surface area contributed by atoms with E-state index in [0.717, 1.165) is 102 Å². The van der Waals surface area contributed by atoms with Crippen LogP contribution in [0.15, 0.2) is 0 Å². The summed E-state index contributed by atoms with van der Waals surface area (Å²) in [5.41, 5.74) is 0. The summed E-state index contributed by atoms with van der Waals surface area (Å²) < 4.78 is 68.7. The molecule has 0 rings (SSSR count). The first kappa shape index (κ1) is 98.1. The van der Waals surface area contributed by atoms with E-state index < -0.39 is 97.5 Å². The number of carbonyl (C=O) groups excluding carboxylic acids is 4. The zero-order chi connectivity index (χ0) is 73.5. The number of ether oxygens (including phenoxy) is 4. The lowest BCUT2D eigenvalue weighted by Gasteiger charge is -2.21. The number of hydrogen-bond acceptors (Lipinski definition) is 15. The average Bonchev–Trinajstić information content (AvgIpc) is 0.966. The highest BCUT2D eigenvalue weighted by Gasteiger charge is 2.30. The van der Waals surface area contributed by atoms with Crippen LogP contribution in [0.2, 0.25) is 0 Å². The summed E-state index contributed by atoms with van der Waals surface area (Å²) in [4.78, 5) is 73.0. The molecule has 0 amide bonds. The van der Waals surface area contributed by atoms with Gasteiger partial charge >= 0.3 is 39.5 Å². The van der Waals surface area contributed by atoms with Crippen molar-refractivity contribution in [2.24, 2.45) is 11.8 Å². The van der Waals surface area contributed by atoms with Crippen LogP contribution in [0.3, 0.4) is 0 Å². The maximum absolute atomic E-state index is 13.1. The molecule has 0 spiro atoms. The summed E-state index contributed by atoms with van der Waals surface area (Å²) in [7, 11) is -9.92. The van der Waals surface area contributed by atoms with Gasteiger partial charge in [-0.2, -0.15) is 0 Å². The smallest absolute Gasteiger partial charge is 0.462 e. The molecule has 0 heterocycles. The first-order valence-electron chi connectivity index (χ1n) is 42.1. The number of phosphoric ester groups is 2. The molecule has 0 aromatic rings. The van der Waals surface area contributed by atoms with Crippen LogP contribution < -0.4 is 0 Å². The standard InChI is InChI=1S/C81H158O17P2/c1-7-11-13-15-17-19-21-23-25-27-29-31-33-35-37-45-51-57-63-78(83)91-69-76(97-80(85)65-59-53-47-38-36-34-32-30-28-26-24-22-20-18-16-14-12-8-2)71-95-99(87,88)93-67-75(82)68-94-100(89,90)96-72-77(98-81(86)66-60-54-48-42-40-44-50-56-62-74(6)10-4)70-92-79(84)64-58-52-46-41-39-43-49-55-61-73(5)9-3/h73-77,82H,7-72H2,1-6H3,(H,87,88)(H,89,90)/t73?,74?,75-,76-,77-/m1/s1. The molecule has 100 heavy (non-hydrogen) atoms. The third-order valence-electron chi connectivity index (χ3n) is 19.7. The Labute approximate surface area is 613 Å². The number of unbranched alkanes of at least 4 members (excludes halogenated alkanes) is 48. The molecule has 17 nitrogen and oxygen atoms in total. The van der Waals surface area contributed by atoms with Crippen molar-refractivity contribution in [3.05, 3.63) is 0 Å². The fraction of sp³-hybridized carbons (Fsp3) is 0.951. The van der Waals surface area contributed by atoms with Gasteiger partial charge in [-0.1, -0.05) is 375 Å². The zero-order valence-electron chi connectivity index (χ0n) is 65.5. The van der Waals surface area contributed by atoms with Crippen LogP contribution in [0.4, 0.5) is 0 Å². The van der Waals surface area contributed by atoms with Crippen molar-refractivity contribution in [1.82, 2.24) is 0 Å². The van der Waals surface area contributed by atoms with Gasteiger partial charge in [-0.15, -0.1) is 0 Å². The first-order chi connectivity index (χ1) is 48.4. The monoisotopic (exact) mass is 1470 g/mol. The lowest BCUT2D eigenvalue weighted by atomic mass is 9.99. The van der Waals surface area contributed by atoms with E-state index >= 15 is 0 Å². The van der Waals surface area contributed by atoms with Crippen molar-refractivity contribution >= 4 is 39.5 Å². The van der Waals surface area contributed by atoms with Gasteiger partial charge < -0.3 is 33.8 Å². The molecule has 0 aliphatic carbocycles. The average molecular weight is 1470 g/mol. The number of esters is 4. The third kappa shape index (κ3) is 71.7. The number of hydrogen-bond donors (Lipinski definition) is 3. The SMILES string of the molecule is CCCCCCCCCCCCCCCCCCCCC(=O)OC[C@H](COP(=O)(O)OC[C@@H](O)COP(=O)(O)OC[C@@H](COC(=O)CCCCCCCCCCC(C)CC)OC(=O)CCCCCCCCCCC(C)CC)OC(=O)CCCCCCCCCCCCCCCCCCCC. The van der Waals surface area contributed by atoms with E-state index in [0.29, 0.717) is 25.7 Å². The molecule has 0 saturated carbocycles. The first-order valence-corrected chi connectivity index (χ1v) is 45.1. The Hall–Kier alpha value is -1.94. The Kier molecular flexibility index (Phi) is 71.2. The van der Waals surface area contributed by atoms with Crippen LogP contribution in [-0.2, 0) is 65.4 Å². The molecule has 7 atom stereocenters. The van der Waals surface area contributed by atoms with Gasteiger partial charge in [-0.05, 0) is 37.5 Å². The van der Waals surface area contributed by atoms with Gasteiger partial charge in [0.15, 0.2) is 12.2 Å². The van der Waals surface area contributed by atoms with E-state index in [4.69, 9.17) is 37.0 Å². The summed E-state index contributed by atoms with van der Waals surface area (Å²) in [6, 6.07) is 0. The van der Waals surface area contributed by atoms with Gasteiger partial charge in [0.2, 0.25) is 0 Å². The maximum atomic E-state index is 13.1. The van der Waals surface area contributed by atoms with Crippen molar-refractivity contribution in [1.29, 1.82) is 0 Å². The van der Waals surface area contributed by atoms with E-state index in [1.807, 2.05) is 0 Å². The highest BCUT2D eigenvalue weighted by atomic mass is 31.2. The number of phosphoric acid groups is 2. The van der Waals surface area contributed by atoms with Crippen molar-refractivity contribution in [3.63, 3.8) is 0 Å². The Morgan fingerprint density at radius 3 is 0.710 bits per heavy atom. The van der Waals surface area contributed by atoms with E-state index in [1.54, 1.807) is 0 Å². The van der Waals surface area contributed by atoms with Crippen LogP contribution in [-0.4, -0.2) is 96.7 Å². The molecular formula is C81H158O17P2. The molecule has 0 aliphatic rings. The van der Waals surface area contributed by atoms with Crippen molar-refractivity contribution in [2.75, 3.05) is 39.6 Å². The summed E-state index contributed by atoms with van der Waals surface area (Å²) in [5, 5.41) is 10.6. The Morgan fingerprint density at radius 1 is 0.280 bits per heavy atom. The minimum atomic E-state index is -4.96. The second kappa shape index (κ2) is 72.6. The van der Waals surface area contributed by atoms with E-state index in [2.05, 4.69) is 41.5 Å². The Morgan fingerprint density at radius 2 is 0.480 bits per heavy atom. The molecule has 0 saturated heterocycles. The molecule has 0 aliphatic heterocycles. The van der Waals surface area contributed by atoms with Gasteiger partial charge in [0, 0.05) is 25.7 Å². The molecule has 0 aromatic heterocycles. The molecule has 0 fully saturated rings. The van der Waals surface area contributed by atoms with Gasteiger partial charge in [-0.3, -0.25) is 37.3 Å². The van der Waals surface area contributed by atoms with Crippen LogP contribution in [0, 0.1) is 11.8 Å². The summed E-state index contributed by atoms with van der Waals surface area (Å²) in [6.45, 7) is 9.63. The lowest BCUT2D eigenvalue weighted by molar-refractivity contribution is -0.161.